The molecule has 1 N–H and O–H groups in total. The number of carbonyl (C=O) groups is 1. The van der Waals surface area contributed by atoms with Crippen LogP contribution in [0.25, 0.3) is 0 Å². The van der Waals surface area contributed by atoms with Crippen LogP contribution >= 0.6 is 0 Å². The molecule has 2 aromatic carbocycles. The summed E-state index contributed by atoms with van der Waals surface area (Å²) in [7, 11) is -0.667. The van der Waals surface area contributed by atoms with E-state index in [4.69, 9.17) is 9.47 Å². The normalized spacial score (nSPS) is 17.2. The van der Waals surface area contributed by atoms with Gasteiger partial charge in [-0.1, -0.05) is 18.2 Å². The maximum atomic E-state index is 13.2. The molecule has 1 fully saturated rings. The fraction of sp³-hybridized carbons (Fsp3) is 0.435. The van der Waals surface area contributed by atoms with Gasteiger partial charge in [-0.15, -0.1) is 0 Å². The van der Waals surface area contributed by atoms with E-state index >= 15 is 0 Å². The van der Waals surface area contributed by atoms with Crippen molar-refractivity contribution >= 4 is 15.9 Å². The highest BCUT2D eigenvalue weighted by molar-refractivity contribution is 7.89. The number of piperidine rings is 1. The molecule has 0 spiro atoms. The second kappa shape index (κ2) is 10.2. The molecule has 0 bridgehead atoms. The SMILES string of the molecule is COc1ccc(CCNC(=O)[C@H]2CCCN(S(=O)(=O)c3cc(C)ccc3OC)C2)cc1. The van der Waals surface area contributed by atoms with Gasteiger partial charge < -0.3 is 14.8 Å². The van der Waals surface area contributed by atoms with E-state index in [1.165, 1.54) is 11.4 Å². The molecule has 1 aliphatic rings. The first-order valence-electron chi connectivity index (χ1n) is 10.4. The topological polar surface area (TPSA) is 84.9 Å². The largest absolute Gasteiger partial charge is 0.497 e. The lowest BCUT2D eigenvalue weighted by atomic mass is 9.99. The number of nitrogens with zero attached hydrogens (tertiary/aromatic N) is 1. The van der Waals surface area contributed by atoms with Gasteiger partial charge in [0.15, 0.2) is 0 Å². The van der Waals surface area contributed by atoms with E-state index in [9.17, 15) is 13.2 Å². The van der Waals surface area contributed by atoms with Gasteiger partial charge in [0.05, 0.1) is 20.1 Å². The number of benzene rings is 2. The van der Waals surface area contributed by atoms with Crippen LogP contribution in [0.3, 0.4) is 0 Å². The first kappa shape index (κ1) is 23.1. The summed E-state index contributed by atoms with van der Waals surface area (Å²) in [5.41, 5.74) is 1.93. The van der Waals surface area contributed by atoms with Gasteiger partial charge in [0, 0.05) is 19.6 Å². The predicted octanol–water partition coefficient (Wildman–Crippen LogP) is 2.77. The van der Waals surface area contributed by atoms with Gasteiger partial charge in [-0.2, -0.15) is 4.31 Å². The summed E-state index contributed by atoms with van der Waals surface area (Å²) in [5.74, 6) is 0.637. The third-order valence-corrected chi connectivity index (χ3v) is 7.45. The van der Waals surface area contributed by atoms with Crippen molar-refractivity contribution in [3.63, 3.8) is 0 Å². The highest BCUT2D eigenvalue weighted by Crippen LogP contribution is 2.30. The van der Waals surface area contributed by atoms with Crippen LogP contribution < -0.4 is 14.8 Å². The Morgan fingerprint density at radius 1 is 1.13 bits per heavy atom. The molecule has 1 atom stereocenters. The number of carbonyl (C=O) groups excluding carboxylic acids is 1. The van der Waals surface area contributed by atoms with Crippen molar-refractivity contribution in [3.8, 4) is 11.5 Å². The Balaban J connectivity index is 1.61. The van der Waals surface area contributed by atoms with Crippen LogP contribution in [0.5, 0.6) is 11.5 Å². The number of rotatable bonds is 8. The Kier molecular flexibility index (Phi) is 7.56. The quantitative estimate of drug-likeness (QED) is 0.674. The molecule has 0 aliphatic carbocycles. The zero-order chi connectivity index (χ0) is 22.4. The fourth-order valence-corrected chi connectivity index (χ4v) is 5.53. The lowest BCUT2D eigenvalue weighted by Crippen LogP contribution is -2.45. The van der Waals surface area contributed by atoms with Crippen molar-refractivity contribution < 1.29 is 22.7 Å². The van der Waals surface area contributed by atoms with Crippen LogP contribution in [-0.2, 0) is 21.2 Å². The van der Waals surface area contributed by atoms with Gasteiger partial charge in [0.2, 0.25) is 15.9 Å². The van der Waals surface area contributed by atoms with Crippen LogP contribution in [0.2, 0.25) is 0 Å². The van der Waals surface area contributed by atoms with Crippen molar-refractivity contribution in [1.29, 1.82) is 0 Å². The predicted molar refractivity (Wildman–Crippen MR) is 119 cm³/mol. The van der Waals surface area contributed by atoms with Crippen molar-refractivity contribution in [2.24, 2.45) is 5.92 Å². The van der Waals surface area contributed by atoms with Crippen molar-refractivity contribution in [2.75, 3.05) is 33.9 Å². The average Bonchev–Trinajstić information content (AvgIpc) is 2.79. The lowest BCUT2D eigenvalue weighted by molar-refractivity contribution is -0.126. The minimum absolute atomic E-state index is 0.107. The molecule has 1 amide bonds. The summed E-state index contributed by atoms with van der Waals surface area (Å²) in [6.45, 7) is 2.91. The standard InChI is InChI=1S/C23H30N2O5S/c1-17-6-11-21(30-3)22(15-17)31(27,28)25-14-4-5-19(16-25)23(26)24-13-12-18-7-9-20(29-2)10-8-18/h6-11,15,19H,4-5,12-14,16H2,1-3H3,(H,24,26)/t19-/m0/s1. The third kappa shape index (κ3) is 5.57. The number of amides is 1. The Hall–Kier alpha value is -2.58. The van der Waals surface area contributed by atoms with Gasteiger partial charge >= 0.3 is 0 Å². The molecule has 0 aromatic heterocycles. The summed E-state index contributed by atoms with van der Waals surface area (Å²) in [6.07, 6.45) is 2.01. The van der Waals surface area contributed by atoms with E-state index in [0.29, 0.717) is 38.1 Å². The number of sulfonamides is 1. The molecule has 1 aliphatic heterocycles. The minimum atomic E-state index is -3.75. The van der Waals surface area contributed by atoms with E-state index < -0.39 is 10.0 Å². The van der Waals surface area contributed by atoms with Crippen molar-refractivity contribution in [3.05, 3.63) is 53.6 Å². The van der Waals surface area contributed by atoms with Gasteiger partial charge in [-0.25, -0.2) is 8.42 Å². The number of hydrogen-bond donors (Lipinski definition) is 1. The van der Waals surface area contributed by atoms with Crippen LogP contribution in [0.15, 0.2) is 47.4 Å². The molecule has 1 heterocycles. The summed E-state index contributed by atoms with van der Waals surface area (Å²) in [6, 6.07) is 12.8. The highest BCUT2D eigenvalue weighted by atomic mass is 32.2. The van der Waals surface area contributed by atoms with E-state index in [0.717, 1.165) is 16.9 Å². The van der Waals surface area contributed by atoms with Crippen LogP contribution in [0.1, 0.15) is 24.0 Å². The molecular formula is C23H30N2O5S. The smallest absolute Gasteiger partial charge is 0.246 e. The van der Waals surface area contributed by atoms with Gasteiger partial charge in [0.1, 0.15) is 16.4 Å². The second-order valence-electron chi connectivity index (χ2n) is 7.75. The Morgan fingerprint density at radius 2 is 1.87 bits per heavy atom. The Labute approximate surface area is 184 Å². The molecule has 7 nitrogen and oxygen atoms in total. The van der Waals surface area contributed by atoms with E-state index in [1.807, 2.05) is 37.3 Å². The number of aryl methyl sites for hydroxylation is 1. The summed E-state index contributed by atoms with van der Waals surface area (Å²) in [4.78, 5) is 12.8. The van der Waals surface area contributed by atoms with E-state index in [2.05, 4.69) is 5.32 Å². The first-order valence-corrected chi connectivity index (χ1v) is 11.8. The van der Waals surface area contributed by atoms with Crippen LogP contribution in [0, 0.1) is 12.8 Å². The molecule has 3 rings (SSSR count). The summed E-state index contributed by atoms with van der Waals surface area (Å²) in [5, 5.41) is 2.96. The van der Waals surface area contributed by atoms with Gasteiger partial charge in [-0.05, 0) is 61.6 Å². The number of nitrogens with one attached hydrogen (secondary N) is 1. The van der Waals surface area contributed by atoms with Crippen molar-refractivity contribution in [2.45, 2.75) is 31.1 Å². The molecule has 0 unspecified atom stereocenters. The fourth-order valence-electron chi connectivity index (χ4n) is 3.77. The highest BCUT2D eigenvalue weighted by Gasteiger charge is 2.34. The molecule has 168 valence electrons. The van der Waals surface area contributed by atoms with Crippen LogP contribution in [-0.4, -0.2) is 52.5 Å². The van der Waals surface area contributed by atoms with Crippen molar-refractivity contribution in [1.82, 2.24) is 9.62 Å². The zero-order valence-electron chi connectivity index (χ0n) is 18.3. The molecule has 0 radical (unpaired) electrons. The third-order valence-electron chi connectivity index (χ3n) is 5.56. The molecule has 31 heavy (non-hydrogen) atoms. The van der Waals surface area contributed by atoms with E-state index in [-0.39, 0.29) is 23.3 Å². The Morgan fingerprint density at radius 3 is 2.55 bits per heavy atom. The van der Waals surface area contributed by atoms with Gasteiger partial charge in [0.25, 0.3) is 0 Å². The zero-order valence-corrected chi connectivity index (χ0v) is 19.1. The van der Waals surface area contributed by atoms with Gasteiger partial charge in [-0.3, -0.25) is 4.79 Å². The molecular weight excluding hydrogens is 416 g/mol. The second-order valence-corrected chi connectivity index (χ2v) is 9.65. The Bertz CT molecular complexity index is 1010. The number of methoxy groups -OCH3 is 2. The van der Waals surface area contributed by atoms with E-state index in [1.54, 1.807) is 19.2 Å². The molecule has 0 saturated carbocycles. The number of ether oxygens (including phenoxy) is 2. The molecule has 8 heteroatoms. The number of hydrogen-bond acceptors (Lipinski definition) is 5. The van der Waals surface area contributed by atoms with Crippen LogP contribution in [0.4, 0.5) is 0 Å². The maximum absolute atomic E-state index is 13.2. The summed E-state index contributed by atoms with van der Waals surface area (Å²) >= 11 is 0. The molecule has 2 aromatic rings. The molecule has 1 saturated heterocycles. The maximum Gasteiger partial charge on any atom is 0.246 e. The first-order chi connectivity index (χ1) is 14.8. The monoisotopic (exact) mass is 446 g/mol. The summed E-state index contributed by atoms with van der Waals surface area (Å²) < 4.78 is 38.3. The average molecular weight is 447 g/mol. The minimum Gasteiger partial charge on any atom is -0.497 e. The lowest BCUT2D eigenvalue weighted by Gasteiger charge is -2.31.